The Balaban J connectivity index is 2.16. The van der Waals surface area contributed by atoms with Crippen LogP contribution in [0.1, 0.15) is 31.6 Å². The summed E-state index contributed by atoms with van der Waals surface area (Å²) in [5.41, 5.74) is -0.823. The predicted octanol–water partition coefficient (Wildman–Crippen LogP) is -0.534. The molecule has 1 aromatic rings. The van der Waals surface area contributed by atoms with Gasteiger partial charge in [-0.15, -0.1) is 0 Å². The number of hydrogen-bond acceptors (Lipinski definition) is 6. The van der Waals surface area contributed by atoms with Crippen LogP contribution < -0.4 is 11.2 Å². The minimum Gasteiger partial charge on any atom is -0.481 e. The molecule has 132 valence electrons. The van der Waals surface area contributed by atoms with Gasteiger partial charge in [0.25, 0.3) is 5.56 Å². The minimum absolute atomic E-state index is 0.149. The van der Waals surface area contributed by atoms with Gasteiger partial charge in [0.1, 0.15) is 6.23 Å². The second-order valence-corrected chi connectivity index (χ2v) is 5.61. The van der Waals surface area contributed by atoms with Gasteiger partial charge in [-0.05, 0) is 13.8 Å². The molecule has 10 nitrogen and oxygen atoms in total. The molecule has 2 rings (SSSR count). The van der Waals surface area contributed by atoms with E-state index < -0.39 is 54.1 Å². The monoisotopic (exact) mass is 342 g/mol. The van der Waals surface area contributed by atoms with Gasteiger partial charge in [-0.2, -0.15) is 0 Å². The summed E-state index contributed by atoms with van der Waals surface area (Å²) >= 11 is 0. The molecule has 3 N–H and O–H groups in total. The van der Waals surface area contributed by atoms with Crippen molar-refractivity contribution in [3.05, 3.63) is 32.6 Å². The van der Waals surface area contributed by atoms with E-state index in [0.29, 0.717) is 5.56 Å². The molecule has 0 aromatic carbocycles. The van der Waals surface area contributed by atoms with Gasteiger partial charge in [-0.25, -0.2) is 9.59 Å². The Labute approximate surface area is 135 Å². The number of carboxylic acid groups (broad SMARTS) is 2. The van der Waals surface area contributed by atoms with Crippen molar-refractivity contribution in [2.75, 3.05) is 0 Å². The fourth-order valence-corrected chi connectivity index (χ4v) is 2.49. The van der Waals surface area contributed by atoms with Crippen molar-refractivity contribution in [2.45, 2.75) is 51.2 Å². The third-order valence-corrected chi connectivity index (χ3v) is 3.76. The van der Waals surface area contributed by atoms with E-state index in [2.05, 4.69) is 4.98 Å². The third kappa shape index (κ3) is 3.89. The van der Waals surface area contributed by atoms with E-state index in [0.717, 1.165) is 0 Å². The van der Waals surface area contributed by atoms with Crippen LogP contribution in [0.3, 0.4) is 0 Å². The van der Waals surface area contributed by atoms with Crippen LogP contribution in [-0.2, 0) is 19.1 Å². The van der Waals surface area contributed by atoms with Gasteiger partial charge in [0.05, 0.1) is 18.6 Å². The SMILES string of the molecule is Cc1cn([C@H]2C[C@H](OC(CC(=O)O)C(=O)O)[C@@H](C)O2)c(=O)[nH]c1=O. The molecule has 1 saturated heterocycles. The van der Waals surface area contributed by atoms with Crippen LogP contribution in [0.25, 0.3) is 0 Å². The Kier molecular flexibility index (Phi) is 5.20. The maximum absolute atomic E-state index is 11.9. The maximum Gasteiger partial charge on any atom is 0.333 e. The van der Waals surface area contributed by atoms with Crippen molar-refractivity contribution in [1.82, 2.24) is 9.55 Å². The average Bonchev–Trinajstić information content (AvgIpc) is 2.82. The zero-order chi connectivity index (χ0) is 18.0. The maximum atomic E-state index is 11.9. The zero-order valence-electron chi connectivity index (χ0n) is 13.1. The first kappa shape index (κ1) is 17.9. The molecule has 1 aliphatic rings. The van der Waals surface area contributed by atoms with Crippen LogP contribution in [0.2, 0.25) is 0 Å². The number of nitrogens with one attached hydrogen (secondary N) is 1. The molecule has 0 spiro atoms. The zero-order valence-corrected chi connectivity index (χ0v) is 13.1. The third-order valence-electron chi connectivity index (χ3n) is 3.76. The first-order valence-corrected chi connectivity index (χ1v) is 7.26. The first-order chi connectivity index (χ1) is 11.2. The molecule has 4 atom stereocenters. The van der Waals surface area contributed by atoms with Gasteiger partial charge in [0.15, 0.2) is 6.10 Å². The number of rotatable bonds is 6. The van der Waals surface area contributed by atoms with Crippen LogP contribution >= 0.6 is 0 Å². The second kappa shape index (κ2) is 6.97. The molecular weight excluding hydrogens is 324 g/mol. The largest absolute Gasteiger partial charge is 0.481 e. The summed E-state index contributed by atoms with van der Waals surface area (Å²) in [6.45, 7) is 3.17. The second-order valence-electron chi connectivity index (χ2n) is 5.61. The molecule has 0 saturated carbocycles. The number of carbonyl (C=O) groups is 2. The standard InChI is InChI=1S/C14H18N2O8/c1-6-5-16(14(22)15-12(6)19)10-3-8(7(2)23-10)24-9(13(20)21)4-11(17)18/h5,7-10H,3-4H2,1-2H3,(H,17,18)(H,20,21)(H,15,19,22)/t7-,8+,9?,10-/m1/s1. The molecule has 0 radical (unpaired) electrons. The van der Waals surface area contributed by atoms with E-state index in [9.17, 15) is 19.2 Å². The molecule has 24 heavy (non-hydrogen) atoms. The Morgan fingerprint density at radius 3 is 2.71 bits per heavy atom. The molecule has 10 heteroatoms. The molecule has 1 fully saturated rings. The van der Waals surface area contributed by atoms with Gasteiger partial charge >= 0.3 is 17.6 Å². The Morgan fingerprint density at radius 1 is 1.46 bits per heavy atom. The molecule has 0 bridgehead atoms. The van der Waals surface area contributed by atoms with Crippen molar-refractivity contribution in [1.29, 1.82) is 0 Å². The lowest BCUT2D eigenvalue weighted by molar-refractivity contribution is -0.162. The fourth-order valence-electron chi connectivity index (χ4n) is 2.49. The predicted molar refractivity (Wildman–Crippen MR) is 78.8 cm³/mol. The van der Waals surface area contributed by atoms with Crippen LogP contribution in [-0.4, -0.2) is 50.0 Å². The number of hydrogen-bond donors (Lipinski definition) is 3. The van der Waals surface area contributed by atoms with E-state index in [1.54, 1.807) is 6.92 Å². The summed E-state index contributed by atoms with van der Waals surface area (Å²) < 4.78 is 12.1. The number of aliphatic carboxylic acids is 2. The van der Waals surface area contributed by atoms with Gasteiger partial charge in [0.2, 0.25) is 0 Å². The van der Waals surface area contributed by atoms with Crippen molar-refractivity contribution < 1.29 is 29.3 Å². The average molecular weight is 342 g/mol. The highest BCUT2D eigenvalue weighted by Crippen LogP contribution is 2.30. The lowest BCUT2D eigenvalue weighted by atomic mass is 10.1. The van der Waals surface area contributed by atoms with Gasteiger partial charge in [0, 0.05) is 18.2 Å². The molecule has 0 amide bonds. The number of aromatic amines is 1. The summed E-state index contributed by atoms with van der Waals surface area (Å²) in [4.78, 5) is 47.3. The summed E-state index contributed by atoms with van der Waals surface area (Å²) in [5.74, 6) is -2.68. The number of nitrogens with zero attached hydrogens (tertiary/aromatic N) is 1. The van der Waals surface area contributed by atoms with E-state index in [1.807, 2.05) is 0 Å². The number of aryl methyl sites for hydroxylation is 1. The number of ether oxygens (including phenoxy) is 2. The van der Waals surface area contributed by atoms with Crippen LogP contribution in [0.15, 0.2) is 15.8 Å². The molecule has 1 unspecified atom stereocenters. The molecule has 1 aliphatic heterocycles. The fraction of sp³-hybridized carbons (Fsp3) is 0.571. The van der Waals surface area contributed by atoms with Crippen molar-refractivity contribution in [2.24, 2.45) is 0 Å². The lowest BCUT2D eigenvalue weighted by Crippen LogP contribution is -2.34. The number of H-pyrrole nitrogens is 1. The normalized spacial score (nSPS) is 24.7. The van der Waals surface area contributed by atoms with Gasteiger partial charge < -0.3 is 19.7 Å². The van der Waals surface area contributed by atoms with Crippen LogP contribution in [0.4, 0.5) is 0 Å². The van der Waals surface area contributed by atoms with E-state index in [-0.39, 0.29) is 6.42 Å². The van der Waals surface area contributed by atoms with Gasteiger partial charge in [-0.3, -0.25) is 19.1 Å². The number of carboxylic acids is 2. The molecular formula is C14H18N2O8. The van der Waals surface area contributed by atoms with Crippen LogP contribution in [0, 0.1) is 6.92 Å². The smallest absolute Gasteiger partial charge is 0.333 e. The van der Waals surface area contributed by atoms with Gasteiger partial charge in [-0.1, -0.05) is 0 Å². The van der Waals surface area contributed by atoms with Crippen molar-refractivity contribution in [3.63, 3.8) is 0 Å². The summed E-state index contributed by atoms with van der Waals surface area (Å²) in [6, 6.07) is 0. The number of aromatic nitrogens is 2. The summed E-state index contributed by atoms with van der Waals surface area (Å²) in [7, 11) is 0. The Hall–Kier alpha value is -2.46. The van der Waals surface area contributed by atoms with E-state index in [4.69, 9.17) is 19.7 Å². The topological polar surface area (TPSA) is 148 Å². The van der Waals surface area contributed by atoms with E-state index >= 15 is 0 Å². The first-order valence-electron chi connectivity index (χ1n) is 7.26. The molecule has 1 aromatic heterocycles. The highest BCUT2D eigenvalue weighted by Gasteiger charge is 2.38. The Bertz CT molecular complexity index is 752. The highest BCUT2D eigenvalue weighted by atomic mass is 16.6. The quantitative estimate of drug-likeness (QED) is 0.624. The summed E-state index contributed by atoms with van der Waals surface area (Å²) in [6.07, 6.45) is -2.68. The van der Waals surface area contributed by atoms with Crippen molar-refractivity contribution >= 4 is 11.9 Å². The molecule has 2 heterocycles. The Morgan fingerprint density at radius 2 is 2.12 bits per heavy atom. The highest BCUT2D eigenvalue weighted by molar-refractivity contribution is 5.79. The van der Waals surface area contributed by atoms with Crippen LogP contribution in [0.5, 0.6) is 0 Å². The molecule has 0 aliphatic carbocycles. The summed E-state index contributed by atoms with van der Waals surface area (Å²) in [5, 5.41) is 17.8. The minimum atomic E-state index is -1.51. The van der Waals surface area contributed by atoms with E-state index in [1.165, 1.54) is 17.7 Å². The lowest BCUT2D eigenvalue weighted by Gasteiger charge is -2.19. The van der Waals surface area contributed by atoms with Crippen molar-refractivity contribution in [3.8, 4) is 0 Å².